The zero-order valence-electron chi connectivity index (χ0n) is 14.5. The molecule has 0 unspecified atom stereocenters. The monoisotopic (exact) mass is 349 g/mol. The van der Waals surface area contributed by atoms with Crippen molar-refractivity contribution in [2.45, 2.75) is 50.5 Å². The lowest BCUT2D eigenvalue weighted by molar-refractivity contribution is -0.148. The van der Waals surface area contributed by atoms with E-state index < -0.39 is 0 Å². The number of carbonyl (C=O) groups excluding carboxylic acids is 2. The van der Waals surface area contributed by atoms with Gasteiger partial charge in [0.15, 0.2) is 6.61 Å². The molecule has 0 heterocycles. The average Bonchev–Trinajstić information content (AvgIpc) is 2.58. The minimum absolute atomic E-state index is 0.174. The van der Waals surface area contributed by atoms with Crippen LogP contribution in [0.1, 0.15) is 39.5 Å². The van der Waals surface area contributed by atoms with E-state index in [1.807, 2.05) is 30.3 Å². The Morgan fingerprint density at radius 3 is 2.71 bits per heavy atom. The number of esters is 1. The van der Waals surface area contributed by atoms with Crippen LogP contribution in [0.4, 0.5) is 0 Å². The number of nitrogens with one attached hydrogen (secondary N) is 1. The number of amides is 1. The second kappa shape index (κ2) is 9.72. The van der Waals surface area contributed by atoms with Gasteiger partial charge < -0.3 is 10.1 Å². The lowest BCUT2D eigenvalue weighted by atomic mass is 9.78. The Morgan fingerprint density at radius 2 is 1.96 bits per heavy atom. The first-order chi connectivity index (χ1) is 11.6. The first kappa shape index (κ1) is 18.8. The van der Waals surface area contributed by atoms with E-state index >= 15 is 0 Å². The smallest absolute Gasteiger partial charge is 0.307 e. The van der Waals surface area contributed by atoms with Gasteiger partial charge in [-0.25, -0.2) is 0 Å². The van der Waals surface area contributed by atoms with E-state index in [2.05, 4.69) is 19.2 Å². The normalized spacial score (nSPS) is 23.5. The molecule has 1 amide bonds. The highest BCUT2D eigenvalue weighted by Gasteiger charge is 2.28. The maximum Gasteiger partial charge on any atom is 0.307 e. The topological polar surface area (TPSA) is 55.4 Å². The van der Waals surface area contributed by atoms with E-state index in [4.69, 9.17) is 4.74 Å². The highest BCUT2D eigenvalue weighted by Crippen LogP contribution is 2.29. The summed E-state index contributed by atoms with van der Waals surface area (Å²) in [7, 11) is 0. The van der Waals surface area contributed by atoms with Gasteiger partial charge in [-0.3, -0.25) is 9.59 Å². The SMILES string of the molecule is C[C@@H]1[C@H](C)CCC[C@@H]1NC(=O)COC(=O)CCSc1ccccc1. The van der Waals surface area contributed by atoms with Gasteiger partial charge in [-0.1, -0.05) is 44.9 Å². The fourth-order valence-electron chi connectivity index (χ4n) is 3.02. The summed E-state index contributed by atoms with van der Waals surface area (Å²) >= 11 is 1.61. The van der Waals surface area contributed by atoms with Crippen LogP contribution in [0.5, 0.6) is 0 Å². The molecule has 1 aromatic carbocycles. The number of carbonyl (C=O) groups is 2. The molecule has 1 aromatic rings. The second-order valence-corrected chi connectivity index (χ2v) is 7.68. The summed E-state index contributed by atoms with van der Waals surface area (Å²) in [4.78, 5) is 24.8. The van der Waals surface area contributed by atoms with Gasteiger partial charge in [-0.15, -0.1) is 11.8 Å². The van der Waals surface area contributed by atoms with Crippen LogP contribution in [0.25, 0.3) is 0 Å². The van der Waals surface area contributed by atoms with Crippen molar-refractivity contribution in [1.82, 2.24) is 5.32 Å². The van der Waals surface area contributed by atoms with E-state index in [0.29, 0.717) is 24.0 Å². The van der Waals surface area contributed by atoms with Crippen molar-refractivity contribution in [2.24, 2.45) is 11.8 Å². The number of ether oxygens (including phenoxy) is 1. The fourth-order valence-corrected chi connectivity index (χ4v) is 3.88. The van der Waals surface area contributed by atoms with Crippen molar-refractivity contribution < 1.29 is 14.3 Å². The van der Waals surface area contributed by atoms with E-state index in [1.165, 1.54) is 6.42 Å². The molecule has 0 saturated heterocycles. The summed E-state index contributed by atoms with van der Waals surface area (Å²) in [6, 6.07) is 10.1. The van der Waals surface area contributed by atoms with Crippen LogP contribution >= 0.6 is 11.8 Å². The van der Waals surface area contributed by atoms with Crippen molar-refractivity contribution in [2.75, 3.05) is 12.4 Å². The summed E-state index contributed by atoms with van der Waals surface area (Å²) in [6.45, 7) is 4.24. The first-order valence-corrected chi connectivity index (χ1v) is 9.67. The number of hydrogen-bond donors (Lipinski definition) is 1. The van der Waals surface area contributed by atoms with Crippen LogP contribution in [0.2, 0.25) is 0 Å². The Hall–Kier alpha value is -1.49. The third kappa shape index (κ3) is 6.19. The Kier molecular flexibility index (Phi) is 7.63. The molecule has 1 fully saturated rings. The molecule has 132 valence electrons. The molecule has 1 aliphatic carbocycles. The Morgan fingerprint density at radius 1 is 1.21 bits per heavy atom. The largest absolute Gasteiger partial charge is 0.456 e. The number of benzene rings is 1. The van der Waals surface area contributed by atoms with Crippen molar-refractivity contribution in [3.05, 3.63) is 30.3 Å². The minimum atomic E-state index is -0.321. The predicted octanol–water partition coefficient (Wildman–Crippen LogP) is 3.65. The maximum atomic E-state index is 12.0. The number of rotatable bonds is 7. The van der Waals surface area contributed by atoms with Crippen LogP contribution in [0.3, 0.4) is 0 Å². The highest BCUT2D eigenvalue weighted by molar-refractivity contribution is 7.99. The van der Waals surface area contributed by atoms with Gasteiger partial charge in [-0.2, -0.15) is 0 Å². The zero-order valence-corrected chi connectivity index (χ0v) is 15.3. The minimum Gasteiger partial charge on any atom is -0.456 e. The van der Waals surface area contributed by atoms with E-state index in [1.54, 1.807) is 11.8 Å². The van der Waals surface area contributed by atoms with Crippen LogP contribution < -0.4 is 5.32 Å². The predicted molar refractivity (Wildman–Crippen MR) is 96.9 cm³/mol. The zero-order chi connectivity index (χ0) is 17.4. The third-order valence-electron chi connectivity index (χ3n) is 4.74. The Balaban J connectivity index is 1.61. The molecule has 0 bridgehead atoms. The van der Waals surface area contributed by atoms with Crippen LogP contribution in [0.15, 0.2) is 35.2 Å². The summed E-state index contributed by atoms with van der Waals surface area (Å²) in [5.74, 6) is 1.24. The Bertz CT molecular complexity index is 535. The van der Waals surface area contributed by atoms with Gasteiger partial charge in [0.1, 0.15) is 0 Å². The van der Waals surface area contributed by atoms with Gasteiger partial charge in [0.05, 0.1) is 6.42 Å². The highest BCUT2D eigenvalue weighted by atomic mass is 32.2. The molecule has 1 aliphatic rings. The molecule has 1 N–H and O–H groups in total. The summed E-state index contributed by atoms with van der Waals surface area (Å²) in [5.41, 5.74) is 0. The van der Waals surface area contributed by atoms with Gasteiger partial charge in [0.2, 0.25) is 0 Å². The molecule has 4 nitrogen and oxygen atoms in total. The fraction of sp³-hybridized carbons (Fsp3) is 0.579. The van der Waals surface area contributed by atoms with Crippen molar-refractivity contribution >= 4 is 23.6 Å². The van der Waals surface area contributed by atoms with Crippen LogP contribution in [0, 0.1) is 11.8 Å². The maximum absolute atomic E-state index is 12.0. The molecule has 0 aliphatic heterocycles. The summed E-state index contributed by atoms with van der Waals surface area (Å²) < 4.78 is 5.08. The summed E-state index contributed by atoms with van der Waals surface area (Å²) in [5, 5.41) is 3.01. The molecule has 0 spiro atoms. The first-order valence-electron chi connectivity index (χ1n) is 8.69. The van der Waals surface area contributed by atoms with E-state index in [-0.39, 0.29) is 24.5 Å². The van der Waals surface area contributed by atoms with Crippen molar-refractivity contribution in [3.8, 4) is 0 Å². The van der Waals surface area contributed by atoms with Gasteiger partial charge in [0, 0.05) is 16.7 Å². The lowest BCUT2D eigenvalue weighted by Crippen LogP contribution is -2.45. The molecule has 0 radical (unpaired) electrons. The molecule has 0 aromatic heterocycles. The van der Waals surface area contributed by atoms with Crippen LogP contribution in [-0.4, -0.2) is 30.3 Å². The molecule has 1 saturated carbocycles. The molecule has 3 atom stereocenters. The second-order valence-electron chi connectivity index (χ2n) is 6.51. The van der Waals surface area contributed by atoms with Crippen molar-refractivity contribution in [1.29, 1.82) is 0 Å². The van der Waals surface area contributed by atoms with Gasteiger partial charge >= 0.3 is 5.97 Å². The Labute approximate surface area is 148 Å². The number of thioether (sulfide) groups is 1. The molecule has 24 heavy (non-hydrogen) atoms. The molecular formula is C19H27NO3S. The molecule has 5 heteroatoms. The van der Waals surface area contributed by atoms with Crippen LogP contribution in [-0.2, 0) is 14.3 Å². The van der Waals surface area contributed by atoms with Gasteiger partial charge in [-0.05, 0) is 30.4 Å². The van der Waals surface area contributed by atoms with Gasteiger partial charge in [0.25, 0.3) is 5.91 Å². The van der Waals surface area contributed by atoms with E-state index in [0.717, 1.165) is 17.7 Å². The summed E-state index contributed by atoms with van der Waals surface area (Å²) in [6.07, 6.45) is 3.69. The van der Waals surface area contributed by atoms with E-state index in [9.17, 15) is 9.59 Å². The van der Waals surface area contributed by atoms with Crippen molar-refractivity contribution in [3.63, 3.8) is 0 Å². The average molecular weight is 349 g/mol. The number of hydrogen-bond acceptors (Lipinski definition) is 4. The third-order valence-corrected chi connectivity index (χ3v) is 5.75. The quantitative estimate of drug-likeness (QED) is 0.603. The standard InChI is InChI=1S/C19H27NO3S/c1-14-7-6-10-17(15(14)2)20-18(21)13-23-19(22)11-12-24-16-8-4-3-5-9-16/h3-5,8-9,14-15,17H,6-7,10-13H2,1-2H3,(H,20,21)/t14-,15-,17+/m1/s1. The lowest BCUT2D eigenvalue weighted by Gasteiger charge is -2.34. The molecule has 2 rings (SSSR count). The molecular weight excluding hydrogens is 322 g/mol.